The molecule has 0 saturated carbocycles. The molecule has 2 rings (SSSR count). The number of fused-ring (bicyclic) bond motifs is 1. The fourth-order valence-corrected chi connectivity index (χ4v) is 2.29. The first kappa shape index (κ1) is 15.7. The highest BCUT2D eigenvalue weighted by molar-refractivity contribution is 8.13. The van der Waals surface area contributed by atoms with E-state index in [-0.39, 0.29) is 5.75 Å². The predicted molar refractivity (Wildman–Crippen MR) is 83.2 cm³/mol. The Bertz CT molecular complexity index is 643. The molecule has 0 bridgehead atoms. The summed E-state index contributed by atoms with van der Waals surface area (Å²) in [6.07, 6.45) is 2.35. The van der Waals surface area contributed by atoms with Gasteiger partial charge in [0.15, 0.2) is 0 Å². The van der Waals surface area contributed by atoms with Gasteiger partial charge in [-0.2, -0.15) is 0 Å². The lowest BCUT2D eigenvalue weighted by atomic mass is 10.0. The maximum absolute atomic E-state index is 9.93. The summed E-state index contributed by atoms with van der Waals surface area (Å²) in [4.78, 5) is 0. The Morgan fingerprint density at radius 1 is 1.16 bits per heavy atom. The Hall–Kier alpha value is -1.32. The molecular weight excluding hydrogens is 280 g/mol. The lowest BCUT2D eigenvalue weighted by Crippen LogP contribution is -1.90. The van der Waals surface area contributed by atoms with Crippen LogP contribution in [0, 0.1) is 0 Å². The molecule has 0 N–H and O–H groups in total. The van der Waals surface area contributed by atoms with Gasteiger partial charge in [-0.3, -0.25) is 0 Å². The summed E-state index contributed by atoms with van der Waals surface area (Å²) >= 11 is 0. The summed E-state index contributed by atoms with van der Waals surface area (Å²) in [5.74, 6) is -0.158. The molecule has 4 heteroatoms. The molecule has 2 nitrogen and oxygen atoms in total. The number of rotatable bonds is 3. The van der Waals surface area contributed by atoms with Gasteiger partial charge in [0.05, 0.1) is 5.75 Å². The second kappa shape index (κ2) is 7.31. The molecule has 0 aliphatic carbocycles. The minimum absolute atomic E-state index is 0.158. The van der Waals surface area contributed by atoms with Crippen LogP contribution in [0.15, 0.2) is 55.1 Å². The van der Waals surface area contributed by atoms with E-state index in [1.54, 1.807) is 0 Å². The molecule has 2 aromatic carbocycles. The lowest BCUT2D eigenvalue weighted by molar-refractivity contribution is 0.612. The van der Waals surface area contributed by atoms with E-state index >= 15 is 0 Å². The third-order valence-electron chi connectivity index (χ3n) is 2.58. The van der Waals surface area contributed by atoms with Crippen LogP contribution in [0.5, 0.6) is 0 Å². The van der Waals surface area contributed by atoms with Gasteiger partial charge >= 0.3 is 0 Å². The van der Waals surface area contributed by atoms with Gasteiger partial charge in [-0.05, 0) is 22.8 Å². The Morgan fingerprint density at radius 3 is 2.32 bits per heavy atom. The van der Waals surface area contributed by atoms with E-state index in [0.717, 1.165) is 6.42 Å². The van der Waals surface area contributed by atoms with E-state index in [4.69, 9.17) is 10.7 Å². The molecule has 0 spiro atoms. The van der Waals surface area contributed by atoms with E-state index in [1.165, 1.54) is 22.4 Å². The SMILES string of the molecule is C=CCS(=O)(=O)Cl.CCc1cccc2ccccc12. The molecule has 0 atom stereocenters. The van der Waals surface area contributed by atoms with Gasteiger partial charge in [-0.1, -0.05) is 55.5 Å². The normalized spacial score (nSPS) is 10.6. The predicted octanol–water partition coefficient (Wildman–Crippen LogP) is 4.14. The smallest absolute Gasteiger partial charge is 0.212 e. The standard InChI is InChI=1S/C12H12.C3H5ClO2S/c1-2-10-7-5-8-11-6-3-4-9-12(10)11;1-2-3-7(4,5)6/h3-9H,2H2,1H3;2H,1,3H2. The molecule has 0 aliphatic rings. The van der Waals surface area contributed by atoms with Gasteiger partial charge in [-0.15, -0.1) is 6.58 Å². The topological polar surface area (TPSA) is 34.1 Å². The summed E-state index contributed by atoms with van der Waals surface area (Å²) in [6.45, 7) is 5.38. The van der Waals surface area contributed by atoms with E-state index in [0.29, 0.717) is 0 Å². The van der Waals surface area contributed by atoms with E-state index in [9.17, 15) is 8.42 Å². The number of hydrogen-bond acceptors (Lipinski definition) is 2. The number of benzene rings is 2. The highest BCUT2D eigenvalue weighted by atomic mass is 35.7. The van der Waals surface area contributed by atoms with Crippen molar-refractivity contribution in [1.82, 2.24) is 0 Å². The Balaban J connectivity index is 0.000000224. The van der Waals surface area contributed by atoms with Crippen LogP contribution in [0.2, 0.25) is 0 Å². The van der Waals surface area contributed by atoms with Crippen molar-refractivity contribution in [2.24, 2.45) is 0 Å². The molecule has 19 heavy (non-hydrogen) atoms. The van der Waals surface area contributed by atoms with Crippen LogP contribution < -0.4 is 0 Å². The number of hydrogen-bond donors (Lipinski definition) is 0. The summed E-state index contributed by atoms with van der Waals surface area (Å²) < 4.78 is 19.9. The van der Waals surface area contributed by atoms with Crippen LogP contribution >= 0.6 is 10.7 Å². The van der Waals surface area contributed by atoms with Gasteiger partial charge in [-0.25, -0.2) is 8.42 Å². The van der Waals surface area contributed by atoms with Gasteiger partial charge in [0.25, 0.3) is 0 Å². The minimum atomic E-state index is -3.32. The highest BCUT2D eigenvalue weighted by Gasteiger charge is 1.97. The minimum Gasteiger partial charge on any atom is -0.212 e. The fourth-order valence-electron chi connectivity index (χ4n) is 1.74. The summed E-state index contributed by atoms with van der Waals surface area (Å²) in [6, 6.07) is 15.0. The largest absolute Gasteiger partial charge is 0.236 e. The molecular formula is C15H17ClO2S. The van der Waals surface area contributed by atoms with Crippen LogP contribution in [0.25, 0.3) is 10.8 Å². The third kappa shape index (κ3) is 5.45. The Kier molecular flexibility index (Phi) is 6.06. The van der Waals surface area contributed by atoms with E-state index in [1.807, 2.05) is 0 Å². The van der Waals surface area contributed by atoms with Gasteiger partial charge in [0.2, 0.25) is 9.05 Å². The second-order valence-corrected chi connectivity index (χ2v) is 6.81. The van der Waals surface area contributed by atoms with Crippen molar-refractivity contribution in [3.63, 3.8) is 0 Å². The van der Waals surface area contributed by atoms with Gasteiger partial charge < -0.3 is 0 Å². The van der Waals surface area contributed by atoms with Crippen molar-refractivity contribution >= 4 is 30.5 Å². The van der Waals surface area contributed by atoms with Crippen LogP contribution in [0.3, 0.4) is 0 Å². The fraction of sp³-hybridized carbons (Fsp3) is 0.200. The molecule has 102 valence electrons. The van der Waals surface area contributed by atoms with Crippen molar-refractivity contribution in [3.8, 4) is 0 Å². The third-order valence-corrected chi connectivity index (χ3v) is 3.59. The maximum Gasteiger partial charge on any atom is 0.236 e. The molecule has 0 saturated heterocycles. The molecule has 0 fully saturated rings. The lowest BCUT2D eigenvalue weighted by Gasteiger charge is -2.02. The van der Waals surface area contributed by atoms with Crippen molar-refractivity contribution in [1.29, 1.82) is 0 Å². The van der Waals surface area contributed by atoms with Gasteiger partial charge in [0.1, 0.15) is 0 Å². The average molecular weight is 297 g/mol. The summed E-state index contributed by atoms with van der Waals surface area (Å²) in [5.41, 5.74) is 1.44. The van der Waals surface area contributed by atoms with Crippen molar-refractivity contribution in [2.75, 3.05) is 5.75 Å². The van der Waals surface area contributed by atoms with Crippen LogP contribution in [0.4, 0.5) is 0 Å². The molecule has 0 aromatic heterocycles. The second-order valence-electron chi connectivity index (χ2n) is 3.99. The molecule has 0 unspecified atom stereocenters. The van der Waals surface area contributed by atoms with E-state index in [2.05, 4.69) is 56.0 Å². The average Bonchev–Trinajstić information content (AvgIpc) is 2.37. The highest BCUT2D eigenvalue weighted by Crippen LogP contribution is 2.18. The van der Waals surface area contributed by atoms with Crippen LogP contribution in [0.1, 0.15) is 12.5 Å². The maximum atomic E-state index is 9.93. The molecule has 2 aromatic rings. The molecule has 0 amide bonds. The van der Waals surface area contributed by atoms with Crippen molar-refractivity contribution in [3.05, 3.63) is 60.7 Å². The van der Waals surface area contributed by atoms with Gasteiger partial charge in [0, 0.05) is 10.7 Å². The van der Waals surface area contributed by atoms with Crippen molar-refractivity contribution in [2.45, 2.75) is 13.3 Å². The summed E-state index contributed by atoms with van der Waals surface area (Å²) in [5, 5.41) is 2.74. The number of aryl methyl sites for hydroxylation is 1. The Labute approximate surface area is 119 Å². The summed E-state index contributed by atoms with van der Waals surface area (Å²) in [7, 11) is 1.41. The van der Waals surface area contributed by atoms with Crippen molar-refractivity contribution < 1.29 is 8.42 Å². The molecule has 0 radical (unpaired) electrons. The zero-order chi connectivity index (χ0) is 14.3. The first-order valence-electron chi connectivity index (χ1n) is 5.97. The Morgan fingerprint density at radius 2 is 1.79 bits per heavy atom. The molecule has 0 aliphatic heterocycles. The first-order valence-corrected chi connectivity index (χ1v) is 8.45. The number of halogens is 1. The van der Waals surface area contributed by atoms with Crippen LogP contribution in [-0.4, -0.2) is 14.2 Å². The zero-order valence-corrected chi connectivity index (χ0v) is 12.4. The zero-order valence-electron chi connectivity index (χ0n) is 10.8. The molecule has 0 heterocycles. The first-order chi connectivity index (χ1) is 8.98. The van der Waals surface area contributed by atoms with E-state index < -0.39 is 9.05 Å². The monoisotopic (exact) mass is 296 g/mol. The quantitative estimate of drug-likeness (QED) is 0.630. The van der Waals surface area contributed by atoms with Crippen LogP contribution in [-0.2, 0) is 15.5 Å².